The van der Waals surface area contributed by atoms with Crippen LogP contribution in [0.15, 0.2) is 0 Å². The lowest BCUT2D eigenvalue weighted by atomic mass is 10.2. The zero-order valence-corrected chi connectivity index (χ0v) is 8.49. The molecule has 0 bridgehead atoms. The number of rotatable bonds is 2. The molecule has 0 saturated carbocycles. The van der Waals surface area contributed by atoms with Crippen molar-refractivity contribution in [3.63, 3.8) is 0 Å². The molecule has 2 atom stereocenters. The summed E-state index contributed by atoms with van der Waals surface area (Å²) in [6.07, 6.45) is 0.995. The van der Waals surface area contributed by atoms with Crippen molar-refractivity contribution in [2.24, 2.45) is 5.92 Å². The highest BCUT2D eigenvalue weighted by Gasteiger charge is 2.25. The lowest BCUT2D eigenvalue weighted by molar-refractivity contribution is -0.138. The van der Waals surface area contributed by atoms with Gasteiger partial charge >= 0.3 is 12.0 Å². The molecule has 0 aromatic carbocycles. The van der Waals surface area contributed by atoms with Gasteiger partial charge in [-0.3, -0.25) is 4.79 Å². The molecule has 80 valence electrons. The number of urea groups is 1. The maximum absolute atomic E-state index is 11.5. The molecule has 0 spiro atoms. The van der Waals surface area contributed by atoms with Crippen molar-refractivity contribution >= 4 is 12.0 Å². The number of amides is 2. The van der Waals surface area contributed by atoms with Crippen molar-refractivity contribution in [1.29, 1.82) is 0 Å². The molecule has 1 saturated heterocycles. The van der Waals surface area contributed by atoms with Gasteiger partial charge in [0, 0.05) is 13.1 Å². The highest BCUT2D eigenvalue weighted by Crippen LogP contribution is 2.14. The van der Waals surface area contributed by atoms with Gasteiger partial charge in [-0.2, -0.15) is 0 Å². The van der Waals surface area contributed by atoms with Crippen molar-refractivity contribution < 1.29 is 14.7 Å². The van der Waals surface area contributed by atoms with E-state index >= 15 is 0 Å². The average Bonchev–Trinajstić information content (AvgIpc) is 2.51. The minimum atomic E-state index is -1.01. The van der Waals surface area contributed by atoms with Crippen LogP contribution >= 0.6 is 0 Å². The van der Waals surface area contributed by atoms with Crippen LogP contribution in [0.1, 0.15) is 20.3 Å². The number of carboxylic acids is 1. The first kappa shape index (κ1) is 10.8. The third-order valence-corrected chi connectivity index (χ3v) is 2.42. The number of carbonyl (C=O) groups is 2. The van der Waals surface area contributed by atoms with E-state index in [-0.39, 0.29) is 6.03 Å². The van der Waals surface area contributed by atoms with Crippen LogP contribution in [0.25, 0.3) is 0 Å². The summed E-state index contributed by atoms with van der Waals surface area (Å²) in [6.45, 7) is 4.98. The van der Waals surface area contributed by atoms with Crippen LogP contribution in [0, 0.1) is 5.92 Å². The number of nitrogens with zero attached hydrogens (tertiary/aromatic N) is 1. The predicted octanol–water partition coefficient (Wildman–Crippen LogP) is 0.511. The third kappa shape index (κ3) is 2.61. The molecule has 0 aromatic heterocycles. The number of hydrogen-bond acceptors (Lipinski definition) is 2. The van der Waals surface area contributed by atoms with Gasteiger partial charge in [0.15, 0.2) is 0 Å². The number of aliphatic carboxylic acids is 1. The Morgan fingerprint density at radius 1 is 1.57 bits per heavy atom. The van der Waals surface area contributed by atoms with E-state index in [1.807, 2.05) is 0 Å². The summed E-state index contributed by atoms with van der Waals surface area (Å²) in [5.74, 6) is -0.494. The van der Waals surface area contributed by atoms with Crippen LogP contribution in [0.3, 0.4) is 0 Å². The van der Waals surface area contributed by atoms with E-state index in [0.717, 1.165) is 19.5 Å². The fourth-order valence-corrected chi connectivity index (χ4v) is 1.46. The predicted molar refractivity (Wildman–Crippen MR) is 51.0 cm³/mol. The Balaban J connectivity index is 2.39. The Labute approximate surface area is 83.1 Å². The molecule has 1 fully saturated rings. The zero-order chi connectivity index (χ0) is 10.7. The molecule has 1 aliphatic heterocycles. The van der Waals surface area contributed by atoms with Gasteiger partial charge in [-0.1, -0.05) is 6.92 Å². The molecule has 0 radical (unpaired) electrons. The molecule has 5 heteroatoms. The SMILES string of the molecule is CC1CCN(C(=O)N[C@@H](C)C(=O)O)C1. The maximum Gasteiger partial charge on any atom is 0.325 e. The number of carbonyl (C=O) groups excluding carboxylic acids is 1. The quantitative estimate of drug-likeness (QED) is 0.682. The Morgan fingerprint density at radius 2 is 2.21 bits per heavy atom. The monoisotopic (exact) mass is 200 g/mol. The second-order valence-electron chi connectivity index (χ2n) is 3.85. The summed E-state index contributed by atoms with van der Waals surface area (Å²) < 4.78 is 0. The second-order valence-corrected chi connectivity index (χ2v) is 3.85. The lowest BCUT2D eigenvalue weighted by Gasteiger charge is -2.18. The third-order valence-electron chi connectivity index (χ3n) is 2.42. The highest BCUT2D eigenvalue weighted by atomic mass is 16.4. The molecule has 0 aromatic rings. The summed E-state index contributed by atoms with van der Waals surface area (Å²) in [5.41, 5.74) is 0. The number of nitrogens with one attached hydrogen (secondary N) is 1. The van der Waals surface area contributed by atoms with Crippen molar-refractivity contribution in [2.45, 2.75) is 26.3 Å². The van der Waals surface area contributed by atoms with E-state index in [4.69, 9.17) is 5.11 Å². The van der Waals surface area contributed by atoms with Crippen LogP contribution in [-0.4, -0.2) is 41.1 Å². The topological polar surface area (TPSA) is 69.6 Å². The first-order valence-electron chi connectivity index (χ1n) is 4.79. The number of carboxylic acid groups (broad SMARTS) is 1. The molecule has 5 nitrogen and oxygen atoms in total. The van der Waals surface area contributed by atoms with E-state index in [2.05, 4.69) is 12.2 Å². The molecule has 0 aliphatic carbocycles. The van der Waals surface area contributed by atoms with Crippen LogP contribution in [-0.2, 0) is 4.79 Å². The van der Waals surface area contributed by atoms with Gasteiger partial charge in [0.05, 0.1) is 0 Å². The van der Waals surface area contributed by atoms with E-state index in [1.54, 1.807) is 4.90 Å². The molecule has 2 amide bonds. The lowest BCUT2D eigenvalue weighted by Crippen LogP contribution is -2.45. The number of likely N-dealkylation sites (tertiary alicyclic amines) is 1. The Hall–Kier alpha value is -1.26. The van der Waals surface area contributed by atoms with E-state index in [1.165, 1.54) is 6.92 Å². The molecule has 2 N–H and O–H groups in total. The van der Waals surface area contributed by atoms with Crippen LogP contribution < -0.4 is 5.32 Å². The summed E-state index contributed by atoms with van der Waals surface area (Å²) in [7, 11) is 0. The minimum Gasteiger partial charge on any atom is -0.480 e. The average molecular weight is 200 g/mol. The second kappa shape index (κ2) is 4.30. The summed E-state index contributed by atoms with van der Waals surface area (Å²) in [5, 5.41) is 11.0. The van der Waals surface area contributed by atoms with E-state index < -0.39 is 12.0 Å². The van der Waals surface area contributed by atoms with Gasteiger partial charge in [0.2, 0.25) is 0 Å². The molecule has 1 rings (SSSR count). The van der Waals surface area contributed by atoms with Crippen molar-refractivity contribution in [3.05, 3.63) is 0 Å². The first-order valence-corrected chi connectivity index (χ1v) is 4.79. The Morgan fingerprint density at radius 3 is 2.64 bits per heavy atom. The van der Waals surface area contributed by atoms with Gasteiger partial charge in [-0.15, -0.1) is 0 Å². The first-order chi connectivity index (χ1) is 6.50. The Kier molecular flexibility index (Phi) is 3.33. The maximum atomic E-state index is 11.5. The van der Waals surface area contributed by atoms with Crippen molar-refractivity contribution in [1.82, 2.24) is 10.2 Å². The fourth-order valence-electron chi connectivity index (χ4n) is 1.46. The molecule has 1 heterocycles. The number of hydrogen-bond donors (Lipinski definition) is 2. The fraction of sp³-hybridized carbons (Fsp3) is 0.778. The molecule has 14 heavy (non-hydrogen) atoms. The molecule has 1 unspecified atom stereocenters. The largest absolute Gasteiger partial charge is 0.480 e. The van der Waals surface area contributed by atoms with Gasteiger partial charge in [-0.25, -0.2) is 4.79 Å². The minimum absolute atomic E-state index is 0.274. The normalized spacial score (nSPS) is 23.3. The highest BCUT2D eigenvalue weighted by molar-refractivity contribution is 5.82. The zero-order valence-electron chi connectivity index (χ0n) is 8.49. The van der Waals surface area contributed by atoms with Crippen LogP contribution in [0.5, 0.6) is 0 Å². The molecular weight excluding hydrogens is 184 g/mol. The summed E-state index contributed by atoms with van der Waals surface area (Å²) in [4.78, 5) is 23.6. The molecular formula is C9H16N2O3. The van der Waals surface area contributed by atoms with Gasteiger partial charge in [-0.05, 0) is 19.3 Å². The van der Waals surface area contributed by atoms with Crippen LogP contribution in [0.2, 0.25) is 0 Å². The molecule has 1 aliphatic rings. The summed E-state index contributed by atoms with van der Waals surface area (Å²) in [6, 6.07) is -1.09. The standard InChI is InChI=1S/C9H16N2O3/c1-6-3-4-11(5-6)9(14)10-7(2)8(12)13/h6-7H,3-5H2,1-2H3,(H,10,14)(H,12,13)/t6?,7-/m0/s1. The Bertz CT molecular complexity index is 242. The van der Waals surface area contributed by atoms with Gasteiger partial charge in [0.25, 0.3) is 0 Å². The van der Waals surface area contributed by atoms with Gasteiger partial charge < -0.3 is 15.3 Å². The van der Waals surface area contributed by atoms with Crippen molar-refractivity contribution in [3.8, 4) is 0 Å². The van der Waals surface area contributed by atoms with E-state index in [9.17, 15) is 9.59 Å². The van der Waals surface area contributed by atoms with Crippen molar-refractivity contribution in [2.75, 3.05) is 13.1 Å². The van der Waals surface area contributed by atoms with E-state index in [0.29, 0.717) is 5.92 Å². The smallest absolute Gasteiger partial charge is 0.325 e. The van der Waals surface area contributed by atoms with Gasteiger partial charge in [0.1, 0.15) is 6.04 Å². The summed E-state index contributed by atoms with van der Waals surface area (Å²) >= 11 is 0. The van der Waals surface area contributed by atoms with Crippen LogP contribution in [0.4, 0.5) is 4.79 Å².